The van der Waals surface area contributed by atoms with E-state index in [2.05, 4.69) is 66.8 Å². The summed E-state index contributed by atoms with van der Waals surface area (Å²) in [6.07, 6.45) is 5.13. The number of hydrogen-bond donors (Lipinski definition) is 1. The van der Waals surface area contributed by atoms with Crippen molar-refractivity contribution in [2.45, 2.75) is 38.6 Å². The summed E-state index contributed by atoms with van der Waals surface area (Å²) in [5.74, 6) is 0.851. The lowest BCUT2D eigenvalue weighted by atomic mass is 10.0. The van der Waals surface area contributed by atoms with Gasteiger partial charge in [0.1, 0.15) is 0 Å². The minimum atomic E-state index is 0.557. The van der Waals surface area contributed by atoms with Crippen molar-refractivity contribution in [3.63, 3.8) is 0 Å². The minimum Gasteiger partial charge on any atom is -0.310 e. The van der Waals surface area contributed by atoms with Crippen LogP contribution in [0.3, 0.4) is 0 Å². The molecule has 21 heavy (non-hydrogen) atoms. The van der Waals surface area contributed by atoms with Crippen molar-refractivity contribution in [2.75, 3.05) is 6.54 Å². The number of benzene rings is 2. The smallest absolute Gasteiger partial charge is 0.0348 e. The summed E-state index contributed by atoms with van der Waals surface area (Å²) in [4.78, 5) is 0. The molecule has 0 bridgehead atoms. The predicted molar refractivity (Wildman–Crippen MR) is 89.4 cm³/mol. The maximum absolute atomic E-state index is 3.79. The van der Waals surface area contributed by atoms with E-state index in [1.54, 1.807) is 0 Å². The van der Waals surface area contributed by atoms with Crippen LogP contribution in [0.5, 0.6) is 0 Å². The molecule has 0 saturated heterocycles. The van der Waals surface area contributed by atoms with Crippen LogP contribution < -0.4 is 5.32 Å². The molecule has 1 nitrogen and oxygen atoms in total. The molecule has 3 rings (SSSR count). The minimum absolute atomic E-state index is 0.557. The van der Waals surface area contributed by atoms with Gasteiger partial charge in [-0.25, -0.2) is 0 Å². The van der Waals surface area contributed by atoms with Crippen molar-refractivity contribution < 1.29 is 0 Å². The van der Waals surface area contributed by atoms with Gasteiger partial charge < -0.3 is 5.32 Å². The first-order chi connectivity index (χ1) is 10.3. The highest BCUT2D eigenvalue weighted by atomic mass is 14.9. The molecule has 110 valence electrons. The molecule has 0 aliphatic heterocycles. The largest absolute Gasteiger partial charge is 0.310 e. The van der Waals surface area contributed by atoms with Gasteiger partial charge in [0.15, 0.2) is 0 Å². The molecule has 0 heterocycles. The van der Waals surface area contributed by atoms with Crippen molar-refractivity contribution in [3.8, 4) is 0 Å². The number of hydrogen-bond acceptors (Lipinski definition) is 1. The average Bonchev–Trinajstić information content (AvgIpc) is 3.34. The van der Waals surface area contributed by atoms with Crippen LogP contribution in [-0.4, -0.2) is 6.54 Å². The fourth-order valence-electron chi connectivity index (χ4n) is 2.95. The Morgan fingerprint density at radius 3 is 2.38 bits per heavy atom. The van der Waals surface area contributed by atoms with Gasteiger partial charge in [0.25, 0.3) is 0 Å². The Kier molecular flexibility index (Phi) is 4.72. The lowest BCUT2D eigenvalue weighted by Crippen LogP contribution is -2.24. The van der Waals surface area contributed by atoms with Gasteiger partial charge in [0.2, 0.25) is 0 Å². The second kappa shape index (κ2) is 6.91. The molecule has 1 aliphatic rings. The highest BCUT2D eigenvalue weighted by Crippen LogP contribution is 2.40. The first kappa shape index (κ1) is 14.3. The molecular formula is C20H25N. The molecule has 0 amide bonds. The van der Waals surface area contributed by atoms with E-state index < -0.39 is 0 Å². The molecule has 0 aromatic heterocycles. The van der Waals surface area contributed by atoms with Gasteiger partial charge in [-0.1, -0.05) is 60.2 Å². The Bertz CT molecular complexity index is 540. The fraction of sp³-hybridized carbons (Fsp3) is 0.400. The fourth-order valence-corrected chi connectivity index (χ4v) is 2.95. The standard InChI is InChI=1S/C20H25N/c1-16-9-11-18(12-10-16)20(19-13-14-19)21-15-5-8-17-6-3-2-4-7-17/h2-4,6-7,9-12,19-21H,5,8,13-15H2,1H3. The van der Waals surface area contributed by atoms with E-state index >= 15 is 0 Å². The second-order valence-electron chi connectivity index (χ2n) is 6.27. The van der Waals surface area contributed by atoms with Gasteiger partial charge in [-0.05, 0) is 56.2 Å². The van der Waals surface area contributed by atoms with E-state index in [1.807, 2.05) is 0 Å². The summed E-state index contributed by atoms with van der Waals surface area (Å²) >= 11 is 0. The maximum Gasteiger partial charge on any atom is 0.0348 e. The van der Waals surface area contributed by atoms with Gasteiger partial charge in [-0.3, -0.25) is 0 Å². The Hall–Kier alpha value is -1.60. The SMILES string of the molecule is Cc1ccc(C(NCCCc2ccccc2)C2CC2)cc1. The summed E-state index contributed by atoms with van der Waals surface area (Å²) in [7, 11) is 0. The molecule has 2 aromatic rings. The van der Waals surface area contributed by atoms with Crippen molar-refractivity contribution in [3.05, 3.63) is 71.3 Å². The first-order valence-electron chi connectivity index (χ1n) is 8.17. The zero-order chi connectivity index (χ0) is 14.5. The second-order valence-corrected chi connectivity index (χ2v) is 6.27. The molecule has 1 heteroatoms. The van der Waals surface area contributed by atoms with Crippen LogP contribution in [-0.2, 0) is 6.42 Å². The van der Waals surface area contributed by atoms with Crippen LogP contribution in [0.15, 0.2) is 54.6 Å². The summed E-state index contributed by atoms with van der Waals surface area (Å²) in [6.45, 7) is 3.26. The highest BCUT2D eigenvalue weighted by Gasteiger charge is 2.31. The number of nitrogens with one attached hydrogen (secondary N) is 1. The van der Waals surface area contributed by atoms with Crippen molar-refractivity contribution in [1.82, 2.24) is 5.32 Å². The van der Waals surface area contributed by atoms with Crippen LogP contribution in [0, 0.1) is 12.8 Å². The molecule has 1 unspecified atom stereocenters. The molecule has 1 aliphatic carbocycles. The Morgan fingerprint density at radius 1 is 1.00 bits per heavy atom. The van der Waals surface area contributed by atoms with E-state index in [4.69, 9.17) is 0 Å². The molecule has 0 spiro atoms. The summed E-state index contributed by atoms with van der Waals surface area (Å²) in [5, 5.41) is 3.79. The normalized spacial score (nSPS) is 15.9. The van der Waals surface area contributed by atoms with Gasteiger partial charge in [0.05, 0.1) is 0 Å². The van der Waals surface area contributed by atoms with Gasteiger partial charge in [-0.15, -0.1) is 0 Å². The monoisotopic (exact) mass is 279 g/mol. The van der Waals surface area contributed by atoms with Crippen LogP contribution in [0.1, 0.15) is 42.0 Å². The van der Waals surface area contributed by atoms with Crippen molar-refractivity contribution >= 4 is 0 Å². The van der Waals surface area contributed by atoms with E-state index in [0.29, 0.717) is 6.04 Å². The van der Waals surface area contributed by atoms with Crippen LogP contribution in [0.4, 0.5) is 0 Å². The lowest BCUT2D eigenvalue weighted by molar-refractivity contribution is 0.475. The molecule has 2 aromatic carbocycles. The first-order valence-corrected chi connectivity index (χ1v) is 8.17. The van der Waals surface area contributed by atoms with Crippen molar-refractivity contribution in [1.29, 1.82) is 0 Å². The Balaban J connectivity index is 1.51. The van der Waals surface area contributed by atoms with E-state index in [0.717, 1.165) is 12.5 Å². The van der Waals surface area contributed by atoms with E-state index in [9.17, 15) is 0 Å². The molecule has 1 N–H and O–H groups in total. The maximum atomic E-state index is 3.79. The predicted octanol–water partition coefficient (Wildman–Crippen LogP) is 4.67. The number of aryl methyl sites for hydroxylation is 2. The zero-order valence-electron chi connectivity index (χ0n) is 12.9. The molecule has 1 saturated carbocycles. The van der Waals surface area contributed by atoms with Crippen molar-refractivity contribution in [2.24, 2.45) is 5.92 Å². The Labute approximate surface area is 128 Å². The number of rotatable bonds is 7. The topological polar surface area (TPSA) is 12.0 Å². The van der Waals surface area contributed by atoms with Crippen LogP contribution in [0.2, 0.25) is 0 Å². The molecular weight excluding hydrogens is 254 g/mol. The lowest BCUT2D eigenvalue weighted by Gasteiger charge is -2.19. The zero-order valence-corrected chi connectivity index (χ0v) is 12.9. The summed E-state index contributed by atoms with van der Waals surface area (Å²) in [6, 6.07) is 20.4. The summed E-state index contributed by atoms with van der Waals surface area (Å²) < 4.78 is 0. The quantitative estimate of drug-likeness (QED) is 0.726. The van der Waals surface area contributed by atoms with Gasteiger partial charge in [-0.2, -0.15) is 0 Å². The molecule has 0 radical (unpaired) electrons. The molecule has 1 atom stereocenters. The van der Waals surface area contributed by atoms with E-state index in [-0.39, 0.29) is 0 Å². The Morgan fingerprint density at radius 2 is 1.71 bits per heavy atom. The molecule has 1 fully saturated rings. The van der Waals surface area contributed by atoms with E-state index in [1.165, 1.54) is 42.4 Å². The summed E-state index contributed by atoms with van der Waals surface area (Å²) in [5.41, 5.74) is 4.25. The van der Waals surface area contributed by atoms with Gasteiger partial charge in [0, 0.05) is 6.04 Å². The average molecular weight is 279 g/mol. The van der Waals surface area contributed by atoms with Crippen LogP contribution in [0.25, 0.3) is 0 Å². The third kappa shape index (κ3) is 4.18. The van der Waals surface area contributed by atoms with Gasteiger partial charge >= 0.3 is 0 Å². The third-order valence-corrected chi connectivity index (χ3v) is 4.38. The third-order valence-electron chi connectivity index (χ3n) is 4.38. The highest BCUT2D eigenvalue weighted by molar-refractivity contribution is 5.25. The van der Waals surface area contributed by atoms with Crippen LogP contribution >= 0.6 is 0 Å².